The molecule has 46 heavy (non-hydrogen) atoms. The summed E-state index contributed by atoms with van der Waals surface area (Å²) in [6.45, 7) is 0.473. The lowest BCUT2D eigenvalue weighted by molar-refractivity contribution is -0.133. The molecule has 0 N–H and O–H groups in total. The Morgan fingerprint density at radius 2 is 1.07 bits per heavy atom. The Bertz CT molecular complexity index is 1390. The fourth-order valence-corrected chi connectivity index (χ4v) is 6.05. The number of hydrogen-bond donors (Lipinski definition) is 0. The molecule has 0 aromatic heterocycles. The number of nitrogens with zero attached hydrogens (tertiary/aromatic N) is 4. The monoisotopic (exact) mass is 632 g/mol. The number of fused-ring (bicyclic) bond motifs is 6. The summed E-state index contributed by atoms with van der Waals surface area (Å²) in [4.78, 5) is 51.2. The molecule has 0 bridgehead atoms. The highest BCUT2D eigenvalue weighted by Gasteiger charge is 2.35. The molecule has 2 aromatic rings. The molecule has 244 valence electrons. The Morgan fingerprint density at radius 1 is 0.652 bits per heavy atom. The number of anilines is 2. The van der Waals surface area contributed by atoms with E-state index in [2.05, 4.69) is 10.2 Å². The first kappa shape index (κ1) is 32.6. The molecule has 0 aliphatic carbocycles. The number of methoxy groups -OCH3 is 2. The van der Waals surface area contributed by atoms with Crippen LogP contribution in [-0.2, 0) is 28.5 Å². The quantitative estimate of drug-likeness (QED) is 0.327. The minimum absolute atomic E-state index is 0.154. The van der Waals surface area contributed by atoms with E-state index in [4.69, 9.17) is 18.9 Å². The van der Waals surface area contributed by atoms with Crippen LogP contribution in [0.5, 0.6) is 0 Å². The molecule has 0 amide bonds. The van der Waals surface area contributed by atoms with Crippen molar-refractivity contribution < 1.29 is 38.1 Å². The van der Waals surface area contributed by atoms with Crippen molar-refractivity contribution in [1.82, 2.24) is 0 Å². The number of carbonyl (C=O) groups excluding carboxylic acids is 4. The Kier molecular flexibility index (Phi) is 11.0. The Morgan fingerprint density at radius 3 is 1.48 bits per heavy atom. The summed E-state index contributed by atoms with van der Waals surface area (Å²) in [5.74, 6) is -1.89. The molecular weight excluding hydrogens is 592 g/mol. The molecule has 0 saturated carbocycles. The molecule has 2 atom stereocenters. The number of rotatable bonds is 2. The molecule has 12 nitrogen and oxygen atoms in total. The Balaban J connectivity index is 1.35. The van der Waals surface area contributed by atoms with Crippen molar-refractivity contribution in [2.45, 2.75) is 76.3 Å². The molecule has 3 heterocycles. The zero-order valence-electron chi connectivity index (χ0n) is 26.3. The molecule has 0 saturated heterocycles. The van der Waals surface area contributed by atoms with Crippen LogP contribution in [0.2, 0.25) is 0 Å². The number of ether oxygens (including phenoxy) is 4. The first-order valence-corrected chi connectivity index (χ1v) is 15.8. The average molecular weight is 633 g/mol. The molecule has 5 rings (SSSR count). The predicted molar refractivity (Wildman–Crippen MR) is 171 cm³/mol. The van der Waals surface area contributed by atoms with Crippen molar-refractivity contribution in [2.75, 3.05) is 37.5 Å². The van der Waals surface area contributed by atoms with Crippen molar-refractivity contribution in [3.63, 3.8) is 0 Å². The summed E-state index contributed by atoms with van der Waals surface area (Å²) in [6, 6.07) is 13.9. The SMILES string of the molecule is COC(=O)C1=NN2c3ccccc3C(=O)OCCCCC[C@H]3CC(C(=O)OC)=NN3c3ccccc3C(=O)OCCCCC[C@H]2C1. The minimum atomic E-state index is -0.496. The van der Waals surface area contributed by atoms with Crippen LogP contribution in [0.25, 0.3) is 0 Å². The van der Waals surface area contributed by atoms with Gasteiger partial charge in [-0.05, 0) is 62.8 Å². The maximum atomic E-state index is 13.2. The fraction of sp³-hybridized carbons (Fsp3) is 0.471. The normalized spacial score (nSPS) is 21.4. The van der Waals surface area contributed by atoms with E-state index in [-0.39, 0.29) is 25.3 Å². The molecule has 0 unspecified atom stereocenters. The minimum Gasteiger partial charge on any atom is -0.464 e. The van der Waals surface area contributed by atoms with E-state index in [0.29, 0.717) is 72.4 Å². The second kappa shape index (κ2) is 15.5. The number of cyclic esters (lactones) is 2. The topological polar surface area (TPSA) is 136 Å². The van der Waals surface area contributed by atoms with Crippen molar-refractivity contribution in [3.05, 3.63) is 59.7 Å². The van der Waals surface area contributed by atoms with Crippen LogP contribution in [0.3, 0.4) is 0 Å². The van der Waals surface area contributed by atoms with Crippen LogP contribution < -0.4 is 10.0 Å². The van der Waals surface area contributed by atoms with E-state index in [1.54, 1.807) is 46.4 Å². The summed E-state index contributed by atoms with van der Waals surface area (Å²) in [6.07, 6.45) is 6.57. The van der Waals surface area contributed by atoms with Crippen LogP contribution in [0.4, 0.5) is 11.4 Å². The zero-order chi connectivity index (χ0) is 32.5. The van der Waals surface area contributed by atoms with Crippen LogP contribution in [0, 0.1) is 0 Å². The van der Waals surface area contributed by atoms with Crippen molar-refractivity contribution in [3.8, 4) is 0 Å². The molecule has 3 aliphatic heterocycles. The number of benzene rings is 2. The van der Waals surface area contributed by atoms with E-state index in [9.17, 15) is 19.2 Å². The lowest BCUT2D eigenvalue weighted by Crippen LogP contribution is -2.28. The van der Waals surface area contributed by atoms with Crippen LogP contribution in [-0.4, -0.2) is 74.8 Å². The maximum Gasteiger partial charge on any atom is 0.354 e. The number of para-hydroxylation sites is 2. The maximum absolute atomic E-state index is 13.2. The molecule has 0 fully saturated rings. The lowest BCUT2D eigenvalue weighted by Gasteiger charge is -2.26. The number of hydrazone groups is 2. The predicted octanol–water partition coefficient (Wildman–Crippen LogP) is 5.05. The molecule has 2 aromatic carbocycles. The average Bonchev–Trinajstić information content (AvgIpc) is 3.71. The largest absolute Gasteiger partial charge is 0.464 e. The first-order chi connectivity index (χ1) is 22.4. The van der Waals surface area contributed by atoms with Gasteiger partial charge in [-0.3, -0.25) is 10.0 Å². The van der Waals surface area contributed by atoms with Gasteiger partial charge in [0.1, 0.15) is 11.4 Å². The summed E-state index contributed by atoms with van der Waals surface area (Å²) in [7, 11) is 2.65. The standard InChI is InChI=1S/C34H40N4O8/c1-43-33(41)27-21-23-13-5-3-11-19-46-32(40)26-16-8-10-18-30(26)38-24(22-28(36-38)34(42)44-2)14-6-4-12-20-45-31(39)25-15-7-9-17-29(25)37(23)35-27/h7-10,15-18,23-24H,3-6,11-14,19-22H2,1-2H3/t23-,24-/m0/s1. The number of hydrogen-bond acceptors (Lipinski definition) is 12. The van der Waals surface area contributed by atoms with Crippen LogP contribution >= 0.6 is 0 Å². The van der Waals surface area contributed by atoms with Gasteiger partial charge < -0.3 is 18.9 Å². The summed E-state index contributed by atoms with van der Waals surface area (Å²) in [5.41, 5.74) is 2.52. The van der Waals surface area contributed by atoms with Gasteiger partial charge in [0.2, 0.25) is 0 Å². The third-order valence-corrected chi connectivity index (χ3v) is 8.42. The smallest absolute Gasteiger partial charge is 0.354 e. The van der Waals surface area contributed by atoms with Gasteiger partial charge in [-0.25, -0.2) is 19.2 Å². The van der Waals surface area contributed by atoms with Gasteiger partial charge in [-0.2, -0.15) is 10.2 Å². The van der Waals surface area contributed by atoms with E-state index >= 15 is 0 Å². The van der Waals surface area contributed by atoms with Gasteiger partial charge in [-0.1, -0.05) is 37.1 Å². The molecule has 3 aliphatic rings. The third kappa shape index (κ3) is 7.55. The summed E-state index contributed by atoms with van der Waals surface area (Å²) in [5, 5.41) is 12.6. The van der Waals surface area contributed by atoms with E-state index < -0.39 is 23.9 Å². The van der Waals surface area contributed by atoms with Gasteiger partial charge in [0, 0.05) is 12.8 Å². The van der Waals surface area contributed by atoms with Gasteiger partial charge in [-0.15, -0.1) is 0 Å². The van der Waals surface area contributed by atoms with Crippen molar-refractivity contribution >= 4 is 46.7 Å². The highest BCUT2D eigenvalue weighted by atomic mass is 16.5. The third-order valence-electron chi connectivity index (χ3n) is 8.42. The van der Waals surface area contributed by atoms with E-state index in [0.717, 1.165) is 25.7 Å². The van der Waals surface area contributed by atoms with Gasteiger partial charge in [0.15, 0.2) is 0 Å². The van der Waals surface area contributed by atoms with E-state index in [1.807, 2.05) is 12.1 Å². The molecular formula is C34H40N4O8. The first-order valence-electron chi connectivity index (χ1n) is 15.8. The lowest BCUT2D eigenvalue weighted by atomic mass is 10.0. The summed E-state index contributed by atoms with van der Waals surface area (Å²) < 4.78 is 21.2. The fourth-order valence-electron chi connectivity index (χ4n) is 6.05. The van der Waals surface area contributed by atoms with Gasteiger partial charge in [0.05, 0.1) is 62.0 Å². The highest BCUT2D eigenvalue weighted by Crippen LogP contribution is 2.33. The Hall–Kier alpha value is -4.74. The van der Waals surface area contributed by atoms with E-state index in [1.165, 1.54) is 14.2 Å². The number of carbonyl (C=O) groups is 4. The molecule has 0 radical (unpaired) electrons. The van der Waals surface area contributed by atoms with Gasteiger partial charge >= 0.3 is 23.9 Å². The van der Waals surface area contributed by atoms with Crippen LogP contribution in [0.15, 0.2) is 58.7 Å². The van der Waals surface area contributed by atoms with Crippen molar-refractivity contribution in [2.24, 2.45) is 10.2 Å². The zero-order valence-corrected chi connectivity index (χ0v) is 26.3. The number of esters is 4. The molecule has 0 spiro atoms. The van der Waals surface area contributed by atoms with Gasteiger partial charge in [0.25, 0.3) is 0 Å². The second-order valence-electron chi connectivity index (χ2n) is 11.5. The highest BCUT2D eigenvalue weighted by molar-refractivity contribution is 6.38. The molecule has 12 heteroatoms. The second-order valence-corrected chi connectivity index (χ2v) is 11.5. The Labute approximate surface area is 268 Å². The van der Waals surface area contributed by atoms with Crippen LogP contribution in [0.1, 0.15) is 84.9 Å². The van der Waals surface area contributed by atoms with Crippen molar-refractivity contribution in [1.29, 1.82) is 0 Å². The summed E-state index contributed by atoms with van der Waals surface area (Å²) >= 11 is 0.